The Bertz CT molecular complexity index is 424. The number of likely N-dealkylation sites (N-methyl/N-ethyl adjacent to an activating group) is 1. The number of nitrogens with zero attached hydrogens (tertiary/aromatic N) is 1. The predicted octanol–water partition coefficient (Wildman–Crippen LogP) is 2.18. The first-order valence-electron chi connectivity index (χ1n) is 4.87. The number of nitriles is 1. The van der Waals surface area contributed by atoms with E-state index in [0.717, 1.165) is 18.2 Å². The van der Waals surface area contributed by atoms with Gasteiger partial charge in [0.1, 0.15) is 18.4 Å². The molecule has 0 fully saturated rings. The fourth-order valence-electron chi connectivity index (χ4n) is 1.18. The van der Waals surface area contributed by atoms with Crippen LogP contribution in [0.2, 0.25) is 0 Å². The molecular weight excluding hydrogens is 233 g/mol. The Morgan fingerprint density at radius 3 is 2.65 bits per heavy atom. The van der Waals surface area contributed by atoms with Gasteiger partial charge in [0, 0.05) is 6.54 Å². The van der Waals surface area contributed by atoms with Crippen LogP contribution in [0.1, 0.15) is 11.1 Å². The first kappa shape index (κ1) is 13.3. The second-order valence-electron chi connectivity index (χ2n) is 3.27. The zero-order chi connectivity index (χ0) is 12.9. The van der Waals surface area contributed by atoms with Crippen LogP contribution in [0.4, 0.5) is 13.2 Å². The molecule has 0 radical (unpaired) electrons. The van der Waals surface area contributed by atoms with Crippen molar-refractivity contribution >= 4 is 0 Å². The minimum Gasteiger partial charge on any atom is -0.491 e. The molecule has 1 rings (SSSR count). The molecule has 0 saturated heterocycles. The van der Waals surface area contributed by atoms with Crippen molar-refractivity contribution in [2.75, 3.05) is 20.2 Å². The van der Waals surface area contributed by atoms with Crippen LogP contribution >= 0.6 is 0 Å². The van der Waals surface area contributed by atoms with E-state index in [1.165, 1.54) is 0 Å². The highest BCUT2D eigenvalue weighted by Gasteiger charge is 2.31. The maximum atomic E-state index is 12.4. The molecule has 0 spiro atoms. The molecule has 0 unspecified atom stereocenters. The maximum Gasteiger partial charge on any atom is 0.416 e. The normalized spacial score (nSPS) is 11.0. The second-order valence-corrected chi connectivity index (χ2v) is 3.27. The topological polar surface area (TPSA) is 45.0 Å². The van der Waals surface area contributed by atoms with Crippen LogP contribution in [-0.2, 0) is 6.18 Å². The van der Waals surface area contributed by atoms with Crippen molar-refractivity contribution in [1.82, 2.24) is 5.32 Å². The van der Waals surface area contributed by atoms with Crippen molar-refractivity contribution in [2.45, 2.75) is 6.18 Å². The van der Waals surface area contributed by atoms with E-state index in [9.17, 15) is 13.2 Å². The zero-order valence-corrected chi connectivity index (χ0v) is 9.14. The van der Waals surface area contributed by atoms with E-state index < -0.39 is 11.7 Å². The Hall–Kier alpha value is -1.74. The first-order valence-corrected chi connectivity index (χ1v) is 4.87. The van der Waals surface area contributed by atoms with Crippen molar-refractivity contribution in [2.24, 2.45) is 0 Å². The van der Waals surface area contributed by atoms with Crippen molar-refractivity contribution in [3.8, 4) is 11.8 Å². The Morgan fingerprint density at radius 1 is 1.41 bits per heavy atom. The molecule has 92 valence electrons. The lowest BCUT2D eigenvalue weighted by molar-refractivity contribution is -0.137. The van der Waals surface area contributed by atoms with Crippen molar-refractivity contribution in [3.63, 3.8) is 0 Å². The molecule has 0 aliphatic heterocycles. The SMILES string of the molecule is CNCCOc1ccc(C(F)(F)F)cc1C#N. The molecule has 1 N–H and O–H groups in total. The maximum absolute atomic E-state index is 12.4. The number of hydrogen-bond acceptors (Lipinski definition) is 3. The summed E-state index contributed by atoms with van der Waals surface area (Å²) in [5.74, 6) is 0.163. The van der Waals surface area contributed by atoms with Gasteiger partial charge in [-0.2, -0.15) is 18.4 Å². The Kier molecular flexibility index (Phi) is 4.35. The number of benzene rings is 1. The van der Waals surface area contributed by atoms with Crippen LogP contribution in [0, 0.1) is 11.3 Å². The molecule has 1 aromatic carbocycles. The summed E-state index contributed by atoms with van der Waals surface area (Å²) < 4.78 is 42.3. The number of ether oxygens (including phenoxy) is 1. The zero-order valence-electron chi connectivity index (χ0n) is 9.14. The van der Waals surface area contributed by atoms with Crippen LogP contribution in [0.3, 0.4) is 0 Å². The lowest BCUT2D eigenvalue weighted by atomic mass is 10.1. The largest absolute Gasteiger partial charge is 0.491 e. The van der Waals surface area contributed by atoms with Gasteiger partial charge in [-0.05, 0) is 25.2 Å². The third-order valence-electron chi connectivity index (χ3n) is 2.04. The second kappa shape index (κ2) is 5.55. The van der Waals surface area contributed by atoms with E-state index in [4.69, 9.17) is 10.00 Å². The van der Waals surface area contributed by atoms with Crippen molar-refractivity contribution in [3.05, 3.63) is 29.3 Å². The lowest BCUT2D eigenvalue weighted by Gasteiger charge is -2.10. The monoisotopic (exact) mass is 244 g/mol. The Labute approximate surface area is 96.8 Å². The highest BCUT2D eigenvalue weighted by molar-refractivity contribution is 5.46. The van der Waals surface area contributed by atoms with Crippen molar-refractivity contribution < 1.29 is 17.9 Å². The summed E-state index contributed by atoms with van der Waals surface area (Å²) in [4.78, 5) is 0. The highest BCUT2D eigenvalue weighted by Crippen LogP contribution is 2.32. The van der Waals surface area contributed by atoms with Gasteiger partial charge in [0.2, 0.25) is 0 Å². The predicted molar refractivity (Wildman–Crippen MR) is 55.6 cm³/mol. The molecule has 0 aliphatic rings. The molecule has 0 atom stereocenters. The summed E-state index contributed by atoms with van der Waals surface area (Å²) in [6.07, 6.45) is -4.45. The summed E-state index contributed by atoms with van der Waals surface area (Å²) in [7, 11) is 1.72. The van der Waals surface area contributed by atoms with Gasteiger partial charge in [-0.3, -0.25) is 0 Å². The lowest BCUT2D eigenvalue weighted by Crippen LogP contribution is -2.16. The minimum atomic E-state index is -4.45. The average molecular weight is 244 g/mol. The first-order chi connectivity index (χ1) is 7.99. The van der Waals surface area contributed by atoms with E-state index in [2.05, 4.69) is 5.32 Å². The van der Waals surface area contributed by atoms with Gasteiger partial charge >= 0.3 is 6.18 Å². The quantitative estimate of drug-likeness (QED) is 0.825. The van der Waals surface area contributed by atoms with Gasteiger partial charge in [0.05, 0.1) is 11.1 Å². The molecular formula is C11H11F3N2O. The van der Waals surface area contributed by atoms with Crippen molar-refractivity contribution in [1.29, 1.82) is 5.26 Å². The molecule has 1 aromatic rings. The third-order valence-corrected chi connectivity index (χ3v) is 2.04. The summed E-state index contributed by atoms with van der Waals surface area (Å²) in [6.45, 7) is 0.836. The minimum absolute atomic E-state index is 0.115. The van der Waals surface area contributed by atoms with Gasteiger partial charge in [-0.15, -0.1) is 0 Å². The Morgan fingerprint density at radius 2 is 2.12 bits per heavy atom. The highest BCUT2D eigenvalue weighted by atomic mass is 19.4. The van der Waals surface area contributed by atoms with Crippen LogP contribution in [-0.4, -0.2) is 20.2 Å². The van der Waals surface area contributed by atoms with Gasteiger partial charge < -0.3 is 10.1 Å². The van der Waals surface area contributed by atoms with E-state index in [-0.39, 0.29) is 17.9 Å². The standard InChI is InChI=1S/C11H11F3N2O/c1-16-4-5-17-10-3-2-9(11(12,13)14)6-8(10)7-15/h2-3,6,16H,4-5H2,1H3. The third kappa shape index (κ3) is 3.64. The summed E-state index contributed by atoms with van der Waals surface area (Å²) in [5, 5.41) is 11.6. The van der Waals surface area contributed by atoms with Crippen LogP contribution in [0.25, 0.3) is 0 Å². The summed E-state index contributed by atoms with van der Waals surface area (Å²) in [6, 6.07) is 4.54. The molecule has 0 aromatic heterocycles. The van der Waals surface area contributed by atoms with Crippen LogP contribution in [0.5, 0.6) is 5.75 Å². The molecule has 0 heterocycles. The van der Waals surface area contributed by atoms with E-state index in [1.54, 1.807) is 13.1 Å². The molecule has 0 saturated carbocycles. The van der Waals surface area contributed by atoms with E-state index >= 15 is 0 Å². The van der Waals surface area contributed by atoms with E-state index in [1.807, 2.05) is 0 Å². The molecule has 0 amide bonds. The Balaban J connectivity index is 2.91. The number of nitrogens with one attached hydrogen (secondary N) is 1. The molecule has 6 heteroatoms. The molecule has 3 nitrogen and oxygen atoms in total. The van der Waals surface area contributed by atoms with Crippen LogP contribution < -0.4 is 10.1 Å². The molecule has 0 bridgehead atoms. The van der Waals surface area contributed by atoms with Gasteiger partial charge in [0.15, 0.2) is 0 Å². The number of alkyl halides is 3. The molecule has 0 aliphatic carbocycles. The van der Waals surface area contributed by atoms with Gasteiger partial charge in [-0.25, -0.2) is 0 Å². The number of rotatable bonds is 4. The summed E-state index contributed by atoms with van der Waals surface area (Å²) in [5.41, 5.74) is -0.967. The summed E-state index contributed by atoms with van der Waals surface area (Å²) >= 11 is 0. The average Bonchev–Trinajstić information content (AvgIpc) is 2.28. The fourth-order valence-corrected chi connectivity index (χ4v) is 1.18. The van der Waals surface area contributed by atoms with Gasteiger partial charge in [0.25, 0.3) is 0 Å². The fraction of sp³-hybridized carbons (Fsp3) is 0.364. The van der Waals surface area contributed by atoms with Crippen LogP contribution in [0.15, 0.2) is 18.2 Å². The van der Waals surface area contributed by atoms with Gasteiger partial charge in [-0.1, -0.05) is 0 Å². The van der Waals surface area contributed by atoms with E-state index in [0.29, 0.717) is 6.54 Å². The number of halogens is 3. The smallest absolute Gasteiger partial charge is 0.416 e. The number of hydrogen-bond donors (Lipinski definition) is 1. The molecule has 17 heavy (non-hydrogen) atoms.